The predicted molar refractivity (Wildman–Crippen MR) is 103 cm³/mol. The van der Waals surface area contributed by atoms with Gasteiger partial charge in [-0.2, -0.15) is 0 Å². The monoisotopic (exact) mass is 339 g/mol. The quantitative estimate of drug-likeness (QED) is 0.736. The Morgan fingerprint density at radius 2 is 1.72 bits per heavy atom. The fourth-order valence-electron chi connectivity index (χ4n) is 2.70. The van der Waals surface area contributed by atoms with E-state index >= 15 is 0 Å². The Hall–Kier alpha value is -2.29. The van der Waals surface area contributed by atoms with E-state index in [4.69, 9.17) is 4.74 Å². The number of rotatable bonds is 8. The molecule has 2 atom stereocenters. The molecule has 25 heavy (non-hydrogen) atoms. The zero-order valence-electron chi connectivity index (χ0n) is 15.7. The van der Waals surface area contributed by atoms with Gasteiger partial charge in [0.1, 0.15) is 5.75 Å². The molecule has 1 amide bonds. The van der Waals surface area contributed by atoms with Crippen molar-refractivity contribution >= 4 is 5.91 Å². The number of aryl methyl sites for hydroxylation is 1. The lowest BCUT2D eigenvalue weighted by molar-refractivity contribution is -0.128. The normalized spacial score (nSPS) is 13.1. The van der Waals surface area contributed by atoms with E-state index < -0.39 is 6.10 Å². The smallest absolute Gasteiger partial charge is 0.261 e. The third kappa shape index (κ3) is 5.35. The van der Waals surface area contributed by atoms with Gasteiger partial charge in [-0.25, -0.2) is 0 Å². The number of amides is 1. The van der Waals surface area contributed by atoms with Crippen molar-refractivity contribution in [2.24, 2.45) is 0 Å². The van der Waals surface area contributed by atoms with E-state index in [0.717, 1.165) is 23.3 Å². The summed E-state index contributed by atoms with van der Waals surface area (Å²) >= 11 is 0. The fourth-order valence-corrected chi connectivity index (χ4v) is 2.70. The first-order valence-electron chi connectivity index (χ1n) is 9.14. The van der Waals surface area contributed by atoms with E-state index in [-0.39, 0.29) is 5.91 Å². The van der Waals surface area contributed by atoms with Crippen molar-refractivity contribution in [3.63, 3.8) is 0 Å². The average Bonchev–Trinajstić information content (AvgIpc) is 2.65. The van der Waals surface area contributed by atoms with Gasteiger partial charge in [0.15, 0.2) is 6.10 Å². The molecule has 3 heteroatoms. The molecule has 0 radical (unpaired) electrons. The van der Waals surface area contributed by atoms with Crippen LogP contribution in [0, 0.1) is 6.92 Å². The second-order valence-electron chi connectivity index (χ2n) is 6.57. The molecule has 0 bridgehead atoms. The zero-order valence-corrected chi connectivity index (χ0v) is 15.7. The van der Waals surface area contributed by atoms with E-state index in [1.54, 1.807) is 0 Å². The Morgan fingerprint density at radius 1 is 1.04 bits per heavy atom. The topological polar surface area (TPSA) is 38.3 Å². The van der Waals surface area contributed by atoms with E-state index in [2.05, 4.69) is 44.3 Å². The molecule has 0 aliphatic heterocycles. The number of hydrogen-bond acceptors (Lipinski definition) is 2. The van der Waals surface area contributed by atoms with Crippen LogP contribution >= 0.6 is 0 Å². The molecule has 0 aliphatic carbocycles. The molecule has 0 aromatic heterocycles. The van der Waals surface area contributed by atoms with E-state index in [0.29, 0.717) is 18.9 Å². The molecule has 1 N–H and O–H groups in total. The molecule has 0 saturated carbocycles. The summed E-state index contributed by atoms with van der Waals surface area (Å²) in [5, 5.41) is 2.99. The van der Waals surface area contributed by atoms with Gasteiger partial charge in [0.25, 0.3) is 5.91 Å². The summed E-state index contributed by atoms with van der Waals surface area (Å²) in [5.41, 5.74) is 3.47. The maximum absolute atomic E-state index is 12.5. The Morgan fingerprint density at radius 3 is 2.36 bits per heavy atom. The number of para-hydroxylation sites is 1. The minimum absolute atomic E-state index is 0.0676. The van der Waals surface area contributed by atoms with Crippen LogP contribution in [-0.4, -0.2) is 12.0 Å². The molecule has 0 heterocycles. The maximum atomic E-state index is 12.5. The van der Waals surface area contributed by atoms with Gasteiger partial charge < -0.3 is 10.1 Å². The number of carbonyl (C=O) groups is 1. The van der Waals surface area contributed by atoms with E-state index in [1.807, 2.05) is 37.3 Å². The first kappa shape index (κ1) is 19.0. The predicted octanol–water partition coefficient (Wildman–Crippen LogP) is 4.98. The minimum atomic E-state index is -0.476. The first-order chi connectivity index (χ1) is 12.0. The molecule has 0 aliphatic rings. The lowest BCUT2D eigenvalue weighted by atomic mass is 9.98. The van der Waals surface area contributed by atoms with Crippen LogP contribution in [0.5, 0.6) is 5.75 Å². The lowest BCUT2D eigenvalue weighted by Crippen LogP contribution is -2.37. The molecular weight excluding hydrogens is 310 g/mol. The summed E-state index contributed by atoms with van der Waals surface area (Å²) in [6, 6.07) is 16.2. The highest BCUT2D eigenvalue weighted by Crippen LogP contribution is 2.29. The number of carbonyl (C=O) groups excluding carboxylic acids is 1. The summed E-state index contributed by atoms with van der Waals surface area (Å²) < 4.78 is 6.08. The molecule has 3 nitrogen and oxygen atoms in total. The highest BCUT2D eigenvalue weighted by atomic mass is 16.5. The highest BCUT2D eigenvalue weighted by molar-refractivity contribution is 5.81. The number of benzene rings is 2. The summed E-state index contributed by atoms with van der Waals surface area (Å²) in [4.78, 5) is 12.5. The van der Waals surface area contributed by atoms with Crippen molar-refractivity contribution in [3.8, 4) is 5.75 Å². The van der Waals surface area contributed by atoms with E-state index in [1.165, 1.54) is 5.56 Å². The Bertz CT molecular complexity index is 679. The van der Waals surface area contributed by atoms with Crippen LogP contribution in [-0.2, 0) is 11.3 Å². The van der Waals surface area contributed by atoms with Crippen LogP contribution in [0.4, 0.5) is 0 Å². The van der Waals surface area contributed by atoms with Gasteiger partial charge in [-0.05, 0) is 42.9 Å². The van der Waals surface area contributed by atoms with Crippen molar-refractivity contribution in [3.05, 3.63) is 65.2 Å². The molecule has 2 aromatic rings. The second-order valence-corrected chi connectivity index (χ2v) is 6.57. The third-order valence-corrected chi connectivity index (χ3v) is 4.58. The summed E-state index contributed by atoms with van der Waals surface area (Å²) in [6.45, 7) is 8.89. The van der Waals surface area contributed by atoms with Gasteiger partial charge in [-0.3, -0.25) is 4.79 Å². The zero-order chi connectivity index (χ0) is 18.2. The molecular formula is C22H29NO2. The average molecular weight is 339 g/mol. The number of ether oxygens (including phenoxy) is 1. The lowest BCUT2D eigenvalue weighted by Gasteiger charge is -2.21. The molecule has 2 aromatic carbocycles. The minimum Gasteiger partial charge on any atom is -0.480 e. The third-order valence-electron chi connectivity index (χ3n) is 4.58. The Labute approximate surface area is 151 Å². The molecule has 0 fully saturated rings. The standard InChI is InChI=1S/C22H29NO2/c1-5-17(4)19-9-7-8-10-21(19)25-20(6-2)22(24)23-15-18-13-11-16(3)12-14-18/h7-14,17,20H,5-6,15H2,1-4H3,(H,23,24). The molecule has 2 unspecified atom stereocenters. The number of nitrogens with one attached hydrogen (secondary N) is 1. The van der Waals surface area contributed by atoms with Crippen LogP contribution < -0.4 is 10.1 Å². The van der Waals surface area contributed by atoms with Gasteiger partial charge in [0.2, 0.25) is 0 Å². The van der Waals surface area contributed by atoms with Gasteiger partial charge in [0, 0.05) is 6.54 Å². The van der Waals surface area contributed by atoms with Crippen molar-refractivity contribution in [2.45, 2.75) is 59.1 Å². The molecule has 0 saturated heterocycles. The largest absolute Gasteiger partial charge is 0.480 e. The van der Waals surface area contributed by atoms with Crippen molar-refractivity contribution in [1.29, 1.82) is 0 Å². The van der Waals surface area contributed by atoms with Crippen LogP contribution in [0.15, 0.2) is 48.5 Å². The summed E-state index contributed by atoms with van der Waals surface area (Å²) in [6.07, 6.45) is 1.20. The SMILES string of the molecule is CCC(Oc1ccccc1C(C)CC)C(=O)NCc1ccc(C)cc1. The van der Waals surface area contributed by atoms with Crippen LogP contribution in [0.25, 0.3) is 0 Å². The summed E-state index contributed by atoms with van der Waals surface area (Å²) in [5.74, 6) is 1.15. The van der Waals surface area contributed by atoms with Crippen molar-refractivity contribution in [2.75, 3.05) is 0 Å². The van der Waals surface area contributed by atoms with Gasteiger partial charge in [-0.15, -0.1) is 0 Å². The highest BCUT2D eigenvalue weighted by Gasteiger charge is 2.20. The molecule has 0 spiro atoms. The second kappa shape index (κ2) is 9.26. The van der Waals surface area contributed by atoms with Gasteiger partial charge >= 0.3 is 0 Å². The molecule has 134 valence electrons. The van der Waals surface area contributed by atoms with Crippen molar-refractivity contribution < 1.29 is 9.53 Å². The first-order valence-corrected chi connectivity index (χ1v) is 9.14. The maximum Gasteiger partial charge on any atom is 0.261 e. The van der Waals surface area contributed by atoms with Crippen LogP contribution in [0.3, 0.4) is 0 Å². The van der Waals surface area contributed by atoms with Crippen LogP contribution in [0.2, 0.25) is 0 Å². The van der Waals surface area contributed by atoms with Crippen LogP contribution in [0.1, 0.15) is 56.2 Å². The Kier molecular flexibility index (Phi) is 7.05. The van der Waals surface area contributed by atoms with Gasteiger partial charge in [0.05, 0.1) is 0 Å². The van der Waals surface area contributed by atoms with Crippen molar-refractivity contribution in [1.82, 2.24) is 5.32 Å². The fraction of sp³-hybridized carbons (Fsp3) is 0.409. The Balaban J connectivity index is 2.02. The summed E-state index contributed by atoms with van der Waals surface area (Å²) in [7, 11) is 0. The van der Waals surface area contributed by atoms with Gasteiger partial charge in [-0.1, -0.05) is 68.8 Å². The van der Waals surface area contributed by atoms with E-state index in [9.17, 15) is 4.79 Å². The molecule has 2 rings (SSSR count). The number of hydrogen-bond donors (Lipinski definition) is 1.